The maximum atomic E-state index is 14.0. The molecule has 3 rings (SSSR count). The van der Waals surface area contributed by atoms with Crippen LogP contribution in [0, 0.1) is 12.7 Å². The molecule has 9 heteroatoms. The van der Waals surface area contributed by atoms with Gasteiger partial charge < -0.3 is 10.2 Å². The lowest BCUT2D eigenvalue weighted by molar-refractivity contribution is -0.140. The second-order valence-corrected chi connectivity index (χ2v) is 11.4. The number of benzene rings is 3. The topological polar surface area (TPSA) is 86.8 Å². The van der Waals surface area contributed by atoms with Crippen LogP contribution in [0.25, 0.3) is 0 Å². The number of amides is 2. The van der Waals surface area contributed by atoms with Crippen LogP contribution in [0.2, 0.25) is 0 Å². The van der Waals surface area contributed by atoms with E-state index < -0.39 is 34.3 Å². The predicted octanol–water partition coefficient (Wildman–Crippen LogP) is 5.05. The first-order valence-electron chi connectivity index (χ1n) is 13.1. The first-order valence-corrected chi connectivity index (χ1v) is 14.5. The average Bonchev–Trinajstić information content (AvgIpc) is 2.93. The van der Waals surface area contributed by atoms with Crippen molar-refractivity contribution in [3.05, 3.63) is 95.8 Å². The van der Waals surface area contributed by atoms with Crippen molar-refractivity contribution < 1.29 is 22.4 Å². The first-order chi connectivity index (χ1) is 18.6. The van der Waals surface area contributed by atoms with Crippen molar-refractivity contribution in [3.8, 4) is 0 Å². The third-order valence-corrected chi connectivity index (χ3v) is 8.50. The zero-order valence-electron chi connectivity index (χ0n) is 22.8. The Kier molecular flexibility index (Phi) is 10.2. The molecule has 7 nitrogen and oxygen atoms in total. The molecular weight excluding hydrogens is 517 g/mol. The van der Waals surface area contributed by atoms with E-state index in [1.165, 1.54) is 29.2 Å². The molecule has 3 aromatic carbocycles. The molecule has 0 aliphatic carbocycles. The van der Waals surface area contributed by atoms with Crippen molar-refractivity contribution >= 4 is 27.5 Å². The third-order valence-electron chi connectivity index (χ3n) is 6.71. The van der Waals surface area contributed by atoms with Crippen LogP contribution < -0.4 is 9.62 Å². The molecule has 0 bridgehead atoms. The van der Waals surface area contributed by atoms with Gasteiger partial charge in [0, 0.05) is 12.6 Å². The highest BCUT2D eigenvalue weighted by Crippen LogP contribution is 2.25. The molecule has 2 atom stereocenters. The van der Waals surface area contributed by atoms with E-state index in [0.717, 1.165) is 34.0 Å². The van der Waals surface area contributed by atoms with Crippen molar-refractivity contribution in [2.24, 2.45) is 0 Å². The van der Waals surface area contributed by atoms with Crippen LogP contribution in [0.4, 0.5) is 10.1 Å². The van der Waals surface area contributed by atoms with Crippen LogP contribution in [-0.4, -0.2) is 43.8 Å². The van der Waals surface area contributed by atoms with Crippen LogP contribution in [0.15, 0.2) is 83.8 Å². The smallest absolute Gasteiger partial charge is 0.264 e. The Morgan fingerprint density at radius 1 is 0.897 bits per heavy atom. The second kappa shape index (κ2) is 13.4. The first kappa shape index (κ1) is 29.8. The summed E-state index contributed by atoms with van der Waals surface area (Å²) in [5.41, 5.74) is 1.93. The van der Waals surface area contributed by atoms with E-state index in [4.69, 9.17) is 0 Å². The summed E-state index contributed by atoms with van der Waals surface area (Å²) in [5.74, 6) is -1.38. The number of nitrogens with one attached hydrogen (secondary N) is 1. The molecule has 0 saturated heterocycles. The van der Waals surface area contributed by atoms with Gasteiger partial charge in [0.25, 0.3) is 10.0 Å². The molecule has 0 saturated carbocycles. The van der Waals surface area contributed by atoms with Gasteiger partial charge >= 0.3 is 0 Å². The van der Waals surface area contributed by atoms with Crippen molar-refractivity contribution in [3.63, 3.8) is 0 Å². The molecule has 0 radical (unpaired) electrons. The third kappa shape index (κ3) is 7.44. The SMILES string of the molecule is CC[C@@H](C)NC(=O)[C@H](CC)N(Cc1ccccc1C)C(=O)CN(c1ccc(F)cc1)S(=O)(=O)c1ccccc1. The van der Waals surface area contributed by atoms with Gasteiger partial charge in [-0.15, -0.1) is 0 Å². The number of rotatable bonds is 12. The van der Waals surface area contributed by atoms with E-state index in [1.54, 1.807) is 18.2 Å². The molecule has 0 aromatic heterocycles. The van der Waals surface area contributed by atoms with Gasteiger partial charge in [-0.25, -0.2) is 12.8 Å². The fourth-order valence-electron chi connectivity index (χ4n) is 4.19. The van der Waals surface area contributed by atoms with Crippen LogP contribution in [-0.2, 0) is 26.2 Å². The molecule has 1 N–H and O–H groups in total. The van der Waals surface area contributed by atoms with E-state index in [2.05, 4.69) is 5.32 Å². The Hall–Kier alpha value is -3.72. The highest BCUT2D eigenvalue weighted by molar-refractivity contribution is 7.92. The molecule has 0 unspecified atom stereocenters. The number of carbonyl (C=O) groups is 2. The van der Waals surface area contributed by atoms with Crippen LogP contribution in [0.5, 0.6) is 0 Å². The molecule has 39 heavy (non-hydrogen) atoms. The van der Waals surface area contributed by atoms with Gasteiger partial charge in [-0.2, -0.15) is 0 Å². The van der Waals surface area contributed by atoms with Gasteiger partial charge in [0.05, 0.1) is 10.6 Å². The Bertz CT molecular complexity index is 1360. The Balaban J connectivity index is 2.05. The minimum absolute atomic E-state index is 0.00543. The molecule has 0 aliphatic heterocycles. The summed E-state index contributed by atoms with van der Waals surface area (Å²) in [6.45, 7) is 7.14. The number of anilines is 1. The van der Waals surface area contributed by atoms with Gasteiger partial charge in [0.1, 0.15) is 18.4 Å². The summed E-state index contributed by atoms with van der Waals surface area (Å²) < 4.78 is 42.1. The number of halogens is 1. The van der Waals surface area contributed by atoms with Gasteiger partial charge in [-0.3, -0.25) is 13.9 Å². The minimum atomic E-state index is -4.19. The quantitative estimate of drug-likeness (QED) is 0.340. The summed E-state index contributed by atoms with van der Waals surface area (Å²) in [4.78, 5) is 28.7. The summed E-state index contributed by atoms with van der Waals surface area (Å²) in [5, 5.41) is 2.96. The van der Waals surface area contributed by atoms with Crippen LogP contribution in [0.1, 0.15) is 44.7 Å². The van der Waals surface area contributed by atoms with Crippen molar-refractivity contribution in [2.75, 3.05) is 10.8 Å². The lowest BCUT2D eigenvalue weighted by Gasteiger charge is -2.34. The lowest BCUT2D eigenvalue weighted by Crippen LogP contribution is -2.53. The number of nitrogens with zero attached hydrogens (tertiary/aromatic N) is 2. The van der Waals surface area contributed by atoms with Gasteiger partial charge in [0.15, 0.2) is 0 Å². The maximum absolute atomic E-state index is 14.0. The number of aryl methyl sites for hydroxylation is 1. The standard InChI is InChI=1S/C30H36FN3O4S/c1-5-23(4)32-30(36)28(6-2)33(20-24-13-11-10-12-22(24)3)29(35)21-34(26-18-16-25(31)17-19-26)39(37,38)27-14-8-7-9-15-27/h7-19,23,28H,5-6,20-21H2,1-4H3,(H,32,36)/t23-,28+/m1/s1. The second-order valence-electron chi connectivity index (χ2n) is 9.49. The van der Waals surface area contributed by atoms with Crippen LogP contribution in [0.3, 0.4) is 0 Å². The van der Waals surface area contributed by atoms with E-state index in [-0.39, 0.29) is 29.1 Å². The molecule has 0 heterocycles. The minimum Gasteiger partial charge on any atom is -0.352 e. The summed E-state index contributed by atoms with van der Waals surface area (Å²) in [6, 6.07) is 19.3. The fraction of sp³-hybridized carbons (Fsp3) is 0.333. The molecule has 3 aromatic rings. The van der Waals surface area contributed by atoms with Gasteiger partial charge in [-0.05, 0) is 74.2 Å². The Morgan fingerprint density at radius 3 is 2.10 bits per heavy atom. The summed E-state index contributed by atoms with van der Waals surface area (Å²) in [7, 11) is -4.19. The number of hydrogen-bond donors (Lipinski definition) is 1. The highest BCUT2D eigenvalue weighted by atomic mass is 32.2. The Labute approximate surface area is 230 Å². The predicted molar refractivity (Wildman–Crippen MR) is 151 cm³/mol. The summed E-state index contributed by atoms with van der Waals surface area (Å²) in [6.07, 6.45) is 1.06. The highest BCUT2D eigenvalue weighted by Gasteiger charge is 2.34. The summed E-state index contributed by atoms with van der Waals surface area (Å²) >= 11 is 0. The molecule has 2 amide bonds. The van der Waals surface area contributed by atoms with E-state index in [0.29, 0.717) is 6.42 Å². The number of sulfonamides is 1. The largest absolute Gasteiger partial charge is 0.352 e. The normalized spacial score (nSPS) is 12.8. The molecular formula is C30H36FN3O4S. The lowest BCUT2D eigenvalue weighted by atomic mass is 10.1. The monoisotopic (exact) mass is 553 g/mol. The zero-order valence-corrected chi connectivity index (χ0v) is 23.6. The molecule has 0 aliphatic rings. The Morgan fingerprint density at radius 2 is 1.51 bits per heavy atom. The van der Waals surface area contributed by atoms with E-state index >= 15 is 0 Å². The van der Waals surface area contributed by atoms with E-state index in [1.807, 2.05) is 52.0 Å². The maximum Gasteiger partial charge on any atom is 0.264 e. The molecule has 208 valence electrons. The van der Waals surface area contributed by atoms with Gasteiger partial charge in [0.2, 0.25) is 11.8 Å². The van der Waals surface area contributed by atoms with Crippen molar-refractivity contribution in [2.45, 2.75) is 64.1 Å². The van der Waals surface area contributed by atoms with Crippen molar-refractivity contribution in [1.82, 2.24) is 10.2 Å². The molecule has 0 spiro atoms. The van der Waals surface area contributed by atoms with E-state index in [9.17, 15) is 22.4 Å². The molecule has 0 fully saturated rings. The zero-order chi connectivity index (χ0) is 28.6. The van der Waals surface area contributed by atoms with Crippen LogP contribution >= 0.6 is 0 Å². The fourth-order valence-corrected chi connectivity index (χ4v) is 5.62. The van der Waals surface area contributed by atoms with Crippen molar-refractivity contribution in [1.29, 1.82) is 0 Å². The number of hydrogen-bond acceptors (Lipinski definition) is 4. The van der Waals surface area contributed by atoms with Gasteiger partial charge in [-0.1, -0.05) is 56.3 Å². The number of carbonyl (C=O) groups excluding carboxylic acids is 2. The average molecular weight is 554 g/mol.